The molecule has 6 nitrogen and oxygen atoms in total. The Bertz CT molecular complexity index is 940. The summed E-state index contributed by atoms with van der Waals surface area (Å²) >= 11 is 5.76. The Morgan fingerprint density at radius 1 is 1.38 bits per heavy atom. The molecular weight excluding hydrogens is 445 g/mol. The highest BCUT2D eigenvalue weighted by Gasteiger charge is 2.40. The number of carbonyl (C=O) groups excluding carboxylic acids is 1. The second-order valence-corrected chi connectivity index (χ2v) is 7.12. The van der Waals surface area contributed by atoms with Crippen LogP contribution in [0.4, 0.5) is 18.9 Å². The van der Waals surface area contributed by atoms with Crippen LogP contribution in [0.25, 0.3) is 0 Å². The van der Waals surface area contributed by atoms with E-state index >= 15 is 0 Å². The van der Waals surface area contributed by atoms with Crippen LogP contribution >= 0.6 is 11.6 Å². The maximum atomic E-state index is 14.5. The third-order valence-corrected chi connectivity index (χ3v) is 4.61. The minimum absolute atomic E-state index is 0. The van der Waals surface area contributed by atoms with Crippen LogP contribution in [-0.2, 0) is 11.2 Å². The molecule has 1 saturated carbocycles. The number of pyridine rings is 1. The quantitative estimate of drug-likeness (QED) is 0.326. The minimum Gasteiger partial charge on any atom is -0.462 e. The van der Waals surface area contributed by atoms with E-state index in [-0.39, 0.29) is 19.0 Å². The number of hydrogen-bond acceptors (Lipinski definition) is 4. The van der Waals surface area contributed by atoms with E-state index in [4.69, 9.17) is 22.1 Å². The van der Waals surface area contributed by atoms with Gasteiger partial charge in [0.15, 0.2) is 0 Å². The molecule has 0 spiro atoms. The average molecular weight is 473 g/mol. The Morgan fingerprint density at radius 2 is 2.06 bits per heavy atom. The van der Waals surface area contributed by atoms with Crippen LogP contribution in [-0.4, -0.2) is 29.6 Å². The molecule has 1 aliphatic rings. The minimum atomic E-state index is -2.94. The zero-order valence-electron chi connectivity index (χ0n) is 17.3. The number of hydrogen-bond donors (Lipinski definition) is 2. The number of rotatable bonds is 6. The number of aryl methyl sites for hydroxylation is 1. The lowest BCUT2D eigenvalue weighted by atomic mass is 10.0. The van der Waals surface area contributed by atoms with E-state index in [1.165, 1.54) is 24.4 Å². The number of nitrogens with two attached hydrogens (primary N) is 1. The summed E-state index contributed by atoms with van der Waals surface area (Å²) in [5, 5.41) is 3.08. The standard InChI is InChI=1S/C19H18ClF3N4O2.C2H6.CH4/c1-9-4-13(26-17(28)14-3-2-12(20)8-25-14)6-11(16(9)21)5-10-7-15(10)29-19(24)27-18(22)23;1-2;/h2-4,6,8,10,15,18H,5,7H2,1H3,(H2,24,27)(H,26,28);1-2H3;1H4/t10-,15+;;/m0../s1. The molecular formula is C22H28ClF3N4O2. The van der Waals surface area contributed by atoms with Crippen molar-refractivity contribution in [1.29, 1.82) is 0 Å². The maximum Gasteiger partial charge on any atom is 0.336 e. The lowest BCUT2D eigenvalue weighted by molar-refractivity contribution is 0.102. The van der Waals surface area contributed by atoms with Gasteiger partial charge >= 0.3 is 6.55 Å². The lowest BCUT2D eigenvalue weighted by Gasteiger charge is -2.11. The molecule has 1 fully saturated rings. The predicted octanol–water partition coefficient (Wildman–Crippen LogP) is 5.58. The summed E-state index contributed by atoms with van der Waals surface area (Å²) in [7, 11) is 0. The van der Waals surface area contributed by atoms with Crippen molar-refractivity contribution in [3.63, 3.8) is 0 Å². The second-order valence-electron chi connectivity index (χ2n) is 6.68. The highest BCUT2D eigenvalue weighted by atomic mass is 35.5. The van der Waals surface area contributed by atoms with E-state index in [0.29, 0.717) is 34.7 Å². The molecule has 0 bridgehead atoms. The van der Waals surface area contributed by atoms with Crippen molar-refractivity contribution in [3.05, 3.63) is 58.1 Å². The number of halogens is 4. The van der Waals surface area contributed by atoms with Gasteiger partial charge in [0.1, 0.15) is 17.6 Å². The molecule has 1 aliphatic carbocycles. The lowest BCUT2D eigenvalue weighted by Crippen LogP contribution is -2.20. The summed E-state index contributed by atoms with van der Waals surface area (Å²) in [5.74, 6) is -0.936. The van der Waals surface area contributed by atoms with Crippen LogP contribution in [0.15, 0.2) is 35.5 Å². The SMILES string of the molecule is C.CC.Cc1cc(NC(=O)c2ccc(Cl)cn2)cc(C[C@H]2C[C@H]2O/C(N)=N\C(F)F)c1F. The first-order valence-corrected chi connectivity index (χ1v) is 10.1. The second kappa shape index (κ2) is 12.3. The van der Waals surface area contributed by atoms with Crippen LogP contribution in [0, 0.1) is 18.7 Å². The van der Waals surface area contributed by atoms with Gasteiger partial charge in [-0.2, -0.15) is 13.8 Å². The summed E-state index contributed by atoms with van der Waals surface area (Å²) in [5.41, 5.74) is 6.60. The van der Waals surface area contributed by atoms with E-state index < -0.39 is 30.4 Å². The molecule has 1 aromatic heterocycles. The topological polar surface area (TPSA) is 89.6 Å². The summed E-state index contributed by atoms with van der Waals surface area (Å²) in [6.45, 7) is 2.64. The van der Waals surface area contributed by atoms with E-state index in [1.54, 1.807) is 13.0 Å². The van der Waals surface area contributed by atoms with Gasteiger partial charge in [0, 0.05) is 17.8 Å². The van der Waals surface area contributed by atoms with Gasteiger partial charge in [0.25, 0.3) is 11.9 Å². The number of anilines is 1. The molecule has 32 heavy (non-hydrogen) atoms. The van der Waals surface area contributed by atoms with Crippen molar-refractivity contribution in [3.8, 4) is 0 Å². The van der Waals surface area contributed by atoms with Crippen molar-refractivity contribution in [2.24, 2.45) is 16.6 Å². The maximum absolute atomic E-state index is 14.5. The van der Waals surface area contributed by atoms with Crippen molar-refractivity contribution >= 4 is 29.2 Å². The molecule has 1 heterocycles. The molecule has 0 saturated heterocycles. The largest absolute Gasteiger partial charge is 0.462 e. The van der Waals surface area contributed by atoms with Crippen molar-refractivity contribution in [1.82, 2.24) is 4.98 Å². The Kier molecular flexibility index (Phi) is 10.5. The van der Waals surface area contributed by atoms with Crippen molar-refractivity contribution in [2.75, 3.05) is 5.32 Å². The molecule has 176 valence electrons. The van der Waals surface area contributed by atoms with E-state index in [9.17, 15) is 18.0 Å². The van der Waals surface area contributed by atoms with E-state index in [1.807, 2.05) is 13.8 Å². The number of nitrogens with zero attached hydrogens (tertiary/aromatic N) is 2. The first-order chi connectivity index (χ1) is 14.7. The molecule has 1 aromatic carbocycles. The molecule has 1 amide bonds. The predicted molar refractivity (Wildman–Crippen MR) is 121 cm³/mol. The molecule has 0 unspecified atom stereocenters. The van der Waals surface area contributed by atoms with Gasteiger partial charge in [0.05, 0.1) is 5.02 Å². The fourth-order valence-corrected chi connectivity index (χ4v) is 3.02. The number of aliphatic imine (C=N–C) groups is 1. The number of alkyl halides is 2. The summed E-state index contributed by atoms with van der Waals surface area (Å²) in [6.07, 6.45) is 1.81. The van der Waals surface area contributed by atoms with Gasteiger partial charge in [-0.15, -0.1) is 0 Å². The molecule has 0 radical (unpaired) electrons. The number of aromatic nitrogens is 1. The van der Waals surface area contributed by atoms with Crippen LogP contribution in [0.1, 0.15) is 49.3 Å². The van der Waals surface area contributed by atoms with Crippen LogP contribution in [0.5, 0.6) is 0 Å². The van der Waals surface area contributed by atoms with Gasteiger partial charge in [-0.05, 0) is 55.2 Å². The number of ether oxygens (including phenoxy) is 1. The normalized spacial score (nSPS) is 17.1. The Labute approximate surface area is 191 Å². The van der Waals surface area contributed by atoms with Crippen LogP contribution < -0.4 is 11.1 Å². The van der Waals surface area contributed by atoms with Crippen LogP contribution in [0.2, 0.25) is 5.02 Å². The molecule has 2 aromatic rings. The van der Waals surface area contributed by atoms with Gasteiger partial charge in [-0.1, -0.05) is 32.9 Å². The number of amides is 1. The van der Waals surface area contributed by atoms with Gasteiger partial charge in [-0.3, -0.25) is 4.79 Å². The van der Waals surface area contributed by atoms with Gasteiger partial charge in [-0.25, -0.2) is 9.37 Å². The Hall–Kier alpha value is -2.81. The Balaban J connectivity index is 0.00000166. The number of carbonyl (C=O) groups is 1. The fourth-order valence-electron chi connectivity index (χ4n) is 2.91. The van der Waals surface area contributed by atoms with Gasteiger partial charge in [0.2, 0.25) is 0 Å². The first-order valence-electron chi connectivity index (χ1n) is 9.73. The number of benzene rings is 1. The third kappa shape index (κ3) is 7.71. The monoisotopic (exact) mass is 472 g/mol. The summed E-state index contributed by atoms with van der Waals surface area (Å²) in [6, 6.07) is 5.48. The van der Waals surface area contributed by atoms with Crippen LogP contribution in [0.3, 0.4) is 0 Å². The molecule has 2 atom stereocenters. The van der Waals surface area contributed by atoms with Crippen molar-refractivity contribution < 1.29 is 22.7 Å². The highest BCUT2D eigenvalue weighted by molar-refractivity contribution is 6.30. The average Bonchev–Trinajstić information content (AvgIpc) is 3.44. The van der Waals surface area contributed by atoms with E-state index in [0.717, 1.165) is 0 Å². The fraction of sp³-hybridized carbons (Fsp3) is 0.409. The Morgan fingerprint density at radius 3 is 2.66 bits per heavy atom. The molecule has 10 heteroatoms. The number of nitrogens with one attached hydrogen (secondary N) is 1. The molecule has 3 N–H and O–H groups in total. The van der Waals surface area contributed by atoms with Crippen molar-refractivity contribution in [2.45, 2.75) is 53.7 Å². The smallest absolute Gasteiger partial charge is 0.336 e. The summed E-state index contributed by atoms with van der Waals surface area (Å²) < 4.78 is 43.9. The highest BCUT2D eigenvalue weighted by Crippen LogP contribution is 2.38. The molecule has 0 aliphatic heterocycles. The number of amidine groups is 1. The zero-order chi connectivity index (χ0) is 23.1. The van der Waals surface area contributed by atoms with Gasteiger partial charge < -0.3 is 15.8 Å². The molecule has 3 rings (SSSR count). The third-order valence-electron chi connectivity index (χ3n) is 4.38. The van der Waals surface area contributed by atoms with E-state index in [2.05, 4.69) is 15.3 Å². The zero-order valence-corrected chi connectivity index (χ0v) is 18.1. The summed E-state index contributed by atoms with van der Waals surface area (Å²) in [4.78, 5) is 19.1. The first kappa shape index (κ1) is 27.2.